The summed E-state index contributed by atoms with van der Waals surface area (Å²) in [6, 6.07) is 15.1. The number of anilines is 1. The van der Waals surface area contributed by atoms with Crippen LogP contribution < -0.4 is 11.1 Å². The van der Waals surface area contributed by atoms with Gasteiger partial charge in [0, 0.05) is 28.4 Å². The fraction of sp³-hybridized carbons (Fsp3) is 0.118. The summed E-state index contributed by atoms with van der Waals surface area (Å²) in [6.45, 7) is 0.591. The van der Waals surface area contributed by atoms with Crippen LogP contribution in [0.3, 0.4) is 0 Å². The molecule has 1 heterocycles. The van der Waals surface area contributed by atoms with E-state index < -0.39 is 0 Å². The van der Waals surface area contributed by atoms with E-state index in [0.29, 0.717) is 12.1 Å². The van der Waals surface area contributed by atoms with Gasteiger partial charge in [0.25, 0.3) is 5.91 Å². The van der Waals surface area contributed by atoms with E-state index >= 15 is 0 Å². The largest absolute Gasteiger partial charge is 0.361 e. The van der Waals surface area contributed by atoms with Crippen LogP contribution in [0.1, 0.15) is 15.9 Å². The van der Waals surface area contributed by atoms with Crippen LogP contribution in [0.4, 0.5) is 5.69 Å². The van der Waals surface area contributed by atoms with E-state index in [9.17, 15) is 4.79 Å². The summed E-state index contributed by atoms with van der Waals surface area (Å²) in [6.07, 6.45) is 2.75. The molecule has 4 N–H and O–H groups in total. The van der Waals surface area contributed by atoms with Gasteiger partial charge in [0.15, 0.2) is 0 Å². The molecule has 5 heteroatoms. The maximum atomic E-state index is 12.3. The van der Waals surface area contributed by atoms with Crippen LogP contribution in [0.25, 0.3) is 10.9 Å². The van der Waals surface area contributed by atoms with Crippen molar-refractivity contribution in [2.45, 2.75) is 6.42 Å². The summed E-state index contributed by atoms with van der Waals surface area (Å²) < 4.78 is 0. The van der Waals surface area contributed by atoms with Gasteiger partial charge in [0.1, 0.15) is 0 Å². The highest BCUT2D eigenvalue weighted by atomic mass is 35.5. The lowest BCUT2D eigenvalue weighted by atomic mass is 10.1. The molecule has 0 aliphatic rings. The van der Waals surface area contributed by atoms with Crippen LogP contribution >= 0.6 is 12.4 Å². The maximum absolute atomic E-state index is 12.3. The minimum Gasteiger partial charge on any atom is -0.361 e. The number of halogens is 1. The molecule has 3 rings (SSSR count). The number of aromatic amines is 1. The van der Waals surface area contributed by atoms with E-state index in [1.165, 1.54) is 0 Å². The number of fused-ring (bicyclic) bond motifs is 1. The predicted octanol–water partition coefficient (Wildman–Crippen LogP) is 3.34. The summed E-state index contributed by atoms with van der Waals surface area (Å²) in [5.41, 5.74) is 9.21. The van der Waals surface area contributed by atoms with Crippen molar-refractivity contribution >= 4 is 34.9 Å². The molecular formula is C17H18ClN3O. The summed E-state index contributed by atoms with van der Waals surface area (Å²) in [5, 5.41) is 3.95. The molecule has 4 nitrogen and oxygen atoms in total. The average molecular weight is 316 g/mol. The average Bonchev–Trinajstić information content (AvgIpc) is 2.91. The molecule has 3 aromatic rings. The fourth-order valence-electron chi connectivity index (χ4n) is 2.41. The van der Waals surface area contributed by atoms with Crippen LogP contribution in [-0.4, -0.2) is 17.4 Å². The normalized spacial score (nSPS) is 10.2. The molecule has 0 saturated carbocycles. The van der Waals surface area contributed by atoms with Crippen molar-refractivity contribution in [3.05, 3.63) is 65.9 Å². The van der Waals surface area contributed by atoms with E-state index in [1.807, 2.05) is 54.7 Å². The number of hydrogen-bond acceptors (Lipinski definition) is 2. The van der Waals surface area contributed by atoms with E-state index in [2.05, 4.69) is 10.3 Å². The van der Waals surface area contributed by atoms with Gasteiger partial charge in [-0.1, -0.05) is 18.2 Å². The zero-order valence-corrected chi connectivity index (χ0v) is 12.8. The molecule has 0 fully saturated rings. The number of nitrogens with two attached hydrogens (primary N) is 1. The number of H-pyrrole nitrogens is 1. The molecule has 0 atom stereocenters. The van der Waals surface area contributed by atoms with Crippen molar-refractivity contribution < 1.29 is 4.79 Å². The van der Waals surface area contributed by atoms with E-state index in [0.717, 1.165) is 28.6 Å². The van der Waals surface area contributed by atoms with Crippen molar-refractivity contribution in [3.63, 3.8) is 0 Å². The molecule has 0 spiro atoms. The summed E-state index contributed by atoms with van der Waals surface area (Å²) in [5.74, 6) is -0.108. The first-order valence-corrected chi connectivity index (χ1v) is 6.94. The molecule has 22 heavy (non-hydrogen) atoms. The number of hydrogen-bond donors (Lipinski definition) is 3. The van der Waals surface area contributed by atoms with Gasteiger partial charge in [-0.3, -0.25) is 4.79 Å². The van der Waals surface area contributed by atoms with Gasteiger partial charge in [0.05, 0.1) is 0 Å². The quantitative estimate of drug-likeness (QED) is 0.691. The Bertz CT molecular complexity index is 768. The Morgan fingerprint density at radius 1 is 1.14 bits per heavy atom. The monoisotopic (exact) mass is 315 g/mol. The minimum absolute atomic E-state index is 0. The first-order valence-electron chi connectivity index (χ1n) is 6.94. The highest BCUT2D eigenvalue weighted by Gasteiger charge is 2.09. The first kappa shape index (κ1) is 16.1. The predicted molar refractivity (Wildman–Crippen MR) is 92.7 cm³/mol. The van der Waals surface area contributed by atoms with Crippen molar-refractivity contribution in [2.75, 3.05) is 11.9 Å². The summed E-state index contributed by atoms with van der Waals surface area (Å²) >= 11 is 0. The van der Waals surface area contributed by atoms with Gasteiger partial charge in [0.2, 0.25) is 0 Å². The molecule has 0 aliphatic carbocycles. The standard InChI is InChI=1S/C17H17N3O.ClH/c18-9-8-13-11-19-16-7-6-12(10-15(13)16)17(21)20-14-4-2-1-3-5-14;/h1-7,10-11,19H,8-9,18H2,(H,20,21);1H. The second-order valence-electron chi connectivity index (χ2n) is 4.93. The van der Waals surface area contributed by atoms with Crippen LogP contribution in [0.5, 0.6) is 0 Å². The summed E-state index contributed by atoms with van der Waals surface area (Å²) in [4.78, 5) is 15.5. The molecule has 0 radical (unpaired) electrons. The van der Waals surface area contributed by atoms with Crippen molar-refractivity contribution in [3.8, 4) is 0 Å². The second-order valence-corrected chi connectivity index (χ2v) is 4.93. The topological polar surface area (TPSA) is 70.9 Å². The van der Waals surface area contributed by atoms with E-state index in [-0.39, 0.29) is 18.3 Å². The second kappa shape index (κ2) is 7.11. The zero-order valence-electron chi connectivity index (χ0n) is 12.0. The Morgan fingerprint density at radius 2 is 1.91 bits per heavy atom. The Kier molecular flexibility index (Phi) is 5.20. The molecule has 0 bridgehead atoms. The Labute approximate surface area is 135 Å². The number of amides is 1. The van der Waals surface area contributed by atoms with Gasteiger partial charge in [-0.25, -0.2) is 0 Å². The highest BCUT2D eigenvalue weighted by Crippen LogP contribution is 2.21. The Hall–Kier alpha value is -2.30. The van der Waals surface area contributed by atoms with Gasteiger partial charge in [-0.05, 0) is 48.9 Å². The lowest BCUT2D eigenvalue weighted by Crippen LogP contribution is -2.11. The molecule has 1 aromatic heterocycles. The fourth-order valence-corrected chi connectivity index (χ4v) is 2.41. The van der Waals surface area contributed by atoms with Crippen molar-refractivity contribution in [1.29, 1.82) is 0 Å². The first-order chi connectivity index (χ1) is 10.3. The SMILES string of the molecule is Cl.NCCc1c[nH]c2ccc(C(=O)Nc3ccccc3)cc12. The van der Waals surface area contributed by atoms with Gasteiger partial charge < -0.3 is 16.0 Å². The highest BCUT2D eigenvalue weighted by molar-refractivity contribution is 6.06. The van der Waals surface area contributed by atoms with Crippen LogP contribution in [0, 0.1) is 0 Å². The maximum Gasteiger partial charge on any atom is 0.255 e. The number of carbonyl (C=O) groups excluding carboxylic acids is 1. The molecule has 0 unspecified atom stereocenters. The molecule has 2 aromatic carbocycles. The van der Waals surface area contributed by atoms with Crippen LogP contribution in [-0.2, 0) is 6.42 Å². The van der Waals surface area contributed by atoms with E-state index in [4.69, 9.17) is 5.73 Å². The van der Waals surface area contributed by atoms with Gasteiger partial charge in [-0.2, -0.15) is 0 Å². The third-order valence-electron chi connectivity index (χ3n) is 3.47. The Balaban J connectivity index is 0.00000176. The molecule has 1 amide bonds. The number of aromatic nitrogens is 1. The van der Waals surface area contributed by atoms with Crippen molar-refractivity contribution in [2.24, 2.45) is 5.73 Å². The molecule has 0 saturated heterocycles. The van der Waals surface area contributed by atoms with Crippen molar-refractivity contribution in [1.82, 2.24) is 4.98 Å². The van der Waals surface area contributed by atoms with E-state index in [1.54, 1.807) is 0 Å². The third kappa shape index (κ3) is 3.30. The number of carbonyl (C=O) groups is 1. The van der Waals surface area contributed by atoms with Crippen LogP contribution in [0.15, 0.2) is 54.7 Å². The number of benzene rings is 2. The lowest BCUT2D eigenvalue weighted by molar-refractivity contribution is 0.102. The number of nitrogens with one attached hydrogen (secondary N) is 2. The smallest absolute Gasteiger partial charge is 0.255 e. The number of para-hydroxylation sites is 1. The van der Waals surface area contributed by atoms with Crippen LogP contribution in [0.2, 0.25) is 0 Å². The zero-order chi connectivity index (χ0) is 14.7. The molecule has 114 valence electrons. The third-order valence-corrected chi connectivity index (χ3v) is 3.47. The minimum atomic E-state index is -0.108. The Morgan fingerprint density at radius 3 is 2.64 bits per heavy atom. The lowest BCUT2D eigenvalue weighted by Gasteiger charge is -2.05. The van der Waals surface area contributed by atoms with Gasteiger partial charge >= 0.3 is 0 Å². The summed E-state index contributed by atoms with van der Waals surface area (Å²) in [7, 11) is 0. The molecular weight excluding hydrogens is 298 g/mol. The van der Waals surface area contributed by atoms with Gasteiger partial charge in [-0.15, -0.1) is 12.4 Å². The number of rotatable bonds is 4. The molecule has 0 aliphatic heterocycles.